The van der Waals surface area contributed by atoms with Crippen LogP contribution in [0.4, 0.5) is 10.1 Å². The summed E-state index contributed by atoms with van der Waals surface area (Å²) >= 11 is 0. The molecule has 0 bridgehead atoms. The number of halogens is 1. The minimum atomic E-state index is -3.61. The number of nitrogens with zero attached hydrogens (tertiary/aromatic N) is 2. The zero-order valence-corrected chi connectivity index (χ0v) is 20.6. The molecule has 36 heavy (non-hydrogen) atoms. The zero-order valence-electron chi connectivity index (χ0n) is 19.8. The second kappa shape index (κ2) is 9.48. The summed E-state index contributed by atoms with van der Waals surface area (Å²) in [4.78, 5) is 28.1. The van der Waals surface area contributed by atoms with Gasteiger partial charge in [0.1, 0.15) is 12.4 Å². The summed E-state index contributed by atoms with van der Waals surface area (Å²) in [5.74, 6) is -1.19. The largest absolute Gasteiger partial charge is 0.324 e. The van der Waals surface area contributed by atoms with Crippen molar-refractivity contribution in [3.63, 3.8) is 0 Å². The van der Waals surface area contributed by atoms with Gasteiger partial charge in [-0.3, -0.25) is 9.59 Å². The Balaban J connectivity index is 1.54. The van der Waals surface area contributed by atoms with E-state index in [1.165, 1.54) is 45.6 Å². The topological polar surface area (TPSA) is 86.8 Å². The Bertz CT molecular complexity index is 1420. The van der Waals surface area contributed by atoms with Crippen LogP contribution in [-0.2, 0) is 14.8 Å². The maximum Gasteiger partial charge on any atom is 0.255 e. The Morgan fingerprint density at radius 1 is 0.972 bits per heavy atom. The Hall–Kier alpha value is -3.56. The Morgan fingerprint density at radius 3 is 2.31 bits per heavy atom. The van der Waals surface area contributed by atoms with Gasteiger partial charge in [-0.15, -0.1) is 0 Å². The van der Waals surface area contributed by atoms with Gasteiger partial charge in [0.05, 0.1) is 10.9 Å². The molecule has 0 aromatic heterocycles. The van der Waals surface area contributed by atoms with Crippen molar-refractivity contribution in [3.8, 4) is 0 Å². The first kappa shape index (κ1) is 24.1. The van der Waals surface area contributed by atoms with Crippen molar-refractivity contribution in [3.05, 3.63) is 94.8 Å². The number of amides is 2. The molecule has 1 saturated heterocycles. The van der Waals surface area contributed by atoms with Crippen molar-refractivity contribution < 1.29 is 22.4 Å². The molecule has 3 aromatic rings. The average Bonchev–Trinajstić information content (AvgIpc) is 3.37. The predicted octanol–water partition coefficient (Wildman–Crippen LogP) is 4.10. The number of fused-ring (bicyclic) bond motifs is 1. The summed E-state index contributed by atoms with van der Waals surface area (Å²) in [6, 6.07) is 16.6. The number of nitrogens with one attached hydrogen (secondary N) is 1. The van der Waals surface area contributed by atoms with Gasteiger partial charge in [-0.1, -0.05) is 29.8 Å². The van der Waals surface area contributed by atoms with Crippen LogP contribution < -0.4 is 5.32 Å². The average molecular weight is 508 g/mol. The van der Waals surface area contributed by atoms with Crippen molar-refractivity contribution in [2.75, 3.05) is 25.0 Å². The van der Waals surface area contributed by atoms with Crippen LogP contribution in [0.3, 0.4) is 0 Å². The van der Waals surface area contributed by atoms with E-state index < -0.39 is 27.8 Å². The number of aryl methyl sites for hydroxylation is 1. The van der Waals surface area contributed by atoms with Crippen LogP contribution in [0.25, 0.3) is 0 Å². The monoisotopic (exact) mass is 507 g/mol. The van der Waals surface area contributed by atoms with Gasteiger partial charge in [-0.25, -0.2) is 12.8 Å². The summed E-state index contributed by atoms with van der Waals surface area (Å²) in [6.45, 7) is 2.68. The third-order valence-corrected chi connectivity index (χ3v) is 8.56. The lowest BCUT2D eigenvalue weighted by molar-refractivity contribution is -0.117. The highest BCUT2D eigenvalue weighted by Gasteiger charge is 2.34. The van der Waals surface area contributed by atoms with Crippen LogP contribution in [0.5, 0.6) is 0 Å². The first-order valence-electron chi connectivity index (χ1n) is 11.8. The number of carbonyl (C=O) groups excluding carboxylic acids is 2. The number of sulfonamides is 1. The lowest BCUT2D eigenvalue weighted by Crippen LogP contribution is -2.39. The summed E-state index contributed by atoms with van der Waals surface area (Å²) < 4.78 is 40.9. The molecular formula is C27H26FN3O4S. The Morgan fingerprint density at radius 2 is 1.64 bits per heavy atom. The molecule has 0 saturated carbocycles. The van der Waals surface area contributed by atoms with Crippen LogP contribution in [0.15, 0.2) is 71.6 Å². The third kappa shape index (κ3) is 4.52. The highest BCUT2D eigenvalue weighted by Crippen LogP contribution is 2.37. The second-order valence-electron chi connectivity index (χ2n) is 9.16. The minimum absolute atomic E-state index is 0.130. The third-order valence-electron chi connectivity index (χ3n) is 6.65. The maximum atomic E-state index is 13.8. The molecule has 3 aromatic carbocycles. The number of hydrogen-bond donors (Lipinski definition) is 1. The molecule has 1 fully saturated rings. The molecule has 5 rings (SSSR count). The molecule has 0 spiro atoms. The van der Waals surface area contributed by atoms with Crippen molar-refractivity contribution in [1.82, 2.24) is 9.21 Å². The van der Waals surface area contributed by atoms with E-state index in [1.54, 1.807) is 18.2 Å². The van der Waals surface area contributed by atoms with Crippen LogP contribution in [0.2, 0.25) is 0 Å². The number of anilines is 1. The smallest absolute Gasteiger partial charge is 0.255 e. The molecule has 2 aliphatic heterocycles. The van der Waals surface area contributed by atoms with E-state index in [-0.39, 0.29) is 22.9 Å². The molecule has 0 radical (unpaired) electrons. The fourth-order valence-corrected chi connectivity index (χ4v) is 6.35. The van der Waals surface area contributed by atoms with Crippen LogP contribution >= 0.6 is 0 Å². The van der Waals surface area contributed by atoms with Gasteiger partial charge in [0, 0.05) is 29.9 Å². The summed E-state index contributed by atoms with van der Waals surface area (Å²) in [5.41, 5.74) is 3.16. The molecule has 9 heteroatoms. The molecule has 1 atom stereocenters. The fourth-order valence-electron chi connectivity index (χ4n) is 4.83. The van der Waals surface area contributed by atoms with Crippen molar-refractivity contribution in [2.24, 2.45) is 0 Å². The number of carbonyl (C=O) groups is 2. The number of hydrogen-bond acceptors (Lipinski definition) is 4. The highest BCUT2D eigenvalue weighted by molar-refractivity contribution is 7.89. The minimum Gasteiger partial charge on any atom is -0.324 e. The van der Waals surface area contributed by atoms with Gasteiger partial charge in [-0.2, -0.15) is 4.31 Å². The maximum absolute atomic E-state index is 13.8. The first-order valence-corrected chi connectivity index (χ1v) is 13.2. The molecule has 7 nitrogen and oxygen atoms in total. The normalized spacial score (nSPS) is 18.4. The molecule has 0 aliphatic carbocycles. The van der Waals surface area contributed by atoms with E-state index in [0.717, 1.165) is 18.4 Å². The van der Waals surface area contributed by atoms with Gasteiger partial charge in [0.2, 0.25) is 15.9 Å². The predicted molar refractivity (Wildman–Crippen MR) is 134 cm³/mol. The van der Waals surface area contributed by atoms with E-state index in [9.17, 15) is 22.4 Å². The van der Waals surface area contributed by atoms with E-state index in [0.29, 0.717) is 29.9 Å². The van der Waals surface area contributed by atoms with E-state index in [4.69, 9.17) is 0 Å². The Kier molecular flexibility index (Phi) is 6.36. The van der Waals surface area contributed by atoms with Crippen LogP contribution in [-0.4, -0.2) is 49.1 Å². The van der Waals surface area contributed by atoms with Crippen molar-refractivity contribution in [2.45, 2.75) is 30.7 Å². The van der Waals surface area contributed by atoms with Crippen LogP contribution in [0, 0.1) is 12.7 Å². The number of rotatable bonds is 4. The van der Waals surface area contributed by atoms with Gasteiger partial charge < -0.3 is 10.2 Å². The van der Waals surface area contributed by atoms with E-state index in [2.05, 4.69) is 5.32 Å². The fraction of sp³-hybridized carbons (Fsp3) is 0.259. The van der Waals surface area contributed by atoms with Gasteiger partial charge in [-0.05, 0) is 67.8 Å². The van der Waals surface area contributed by atoms with Gasteiger partial charge >= 0.3 is 0 Å². The Labute approximate surface area is 209 Å². The summed E-state index contributed by atoms with van der Waals surface area (Å²) in [5, 5.41) is 2.87. The van der Waals surface area contributed by atoms with Crippen molar-refractivity contribution in [1.29, 1.82) is 0 Å². The summed E-state index contributed by atoms with van der Waals surface area (Å²) in [7, 11) is -3.61. The SMILES string of the molecule is Cc1ccc2c(c1)[C@H](c1ccc(F)cc1)N(C(=O)c1ccc(S(=O)(=O)N3CCCC3)cc1)CC(=O)N2. The summed E-state index contributed by atoms with van der Waals surface area (Å²) in [6.07, 6.45) is 1.66. The molecule has 0 unspecified atom stereocenters. The van der Waals surface area contributed by atoms with Crippen molar-refractivity contribution >= 4 is 27.5 Å². The zero-order chi connectivity index (χ0) is 25.4. The first-order chi connectivity index (χ1) is 17.2. The van der Waals surface area contributed by atoms with E-state index >= 15 is 0 Å². The van der Waals surface area contributed by atoms with Gasteiger partial charge in [0.15, 0.2) is 0 Å². The number of benzene rings is 3. The lowest BCUT2D eigenvalue weighted by atomic mass is 9.94. The molecule has 1 N–H and O–H groups in total. The quantitative estimate of drug-likeness (QED) is 0.576. The molecule has 2 aliphatic rings. The van der Waals surface area contributed by atoms with Gasteiger partial charge in [0.25, 0.3) is 5.91 Å². The molecule has 2 amide bonds. The van der Waals surface area contributed by atoms with E-state index in [1.807, 2.05) is 19.1 Å². The van der Waals surface area contributed by atoms with Crippen LogP contribution in [0.1, 0.15) is 45.9 Å². The molecular weight excluding hydrogens is 481 g/mol. The molecule has 186 valence electrons. The lowest BCUT2D eigenvalue weighted by Gasteiger charge is -2.31. The molecule has 2 heterocycles. The standard InChI is InChI=1S/C27H26FN3O4S/c1-18-4-13-24-23(16-18)26(19-5-9-21(28)10-6-19)31(17-25(32)29-24)27(33)20-7-11-22(12-8-20)36(34,35)30-14-2-3-15-30/h4-13,16,26H,2-3,14-15,17H2,1H3,(H,29,32)/t26-/m0/s1. The second-order valence-corrected chi connectivity index (χ2v) is 11.1. The highest BCUT2D eigenvalue weighted by atomic mass is 32.2.